The number of fused-ring (bicyclic) bond motifs is 1. The van der Waals surface area contributed by atoms with E-state index in [1.807, 2.05) is 0 Å². The molecule has 4 heterocycles. The molecular formula is C22H20F7N7O4. The van der Waals surface area contributed by atoms with Crippen LogP contribution in [0.2, 0.25) is 0 Å². The zero-order valence-corrected chi connectivity index (χ0v) is 20.1. The number of anilines is 2. The molecular weight excluding hydrogens is 559 g/mol. The van der Waals surface area contributed by atoms with Crippen LogP contribution in [0, 0.1) is 5.92 Å². The summed E-state index contributed by atoms with van der Waals surface area (Å²) in [6, 6.07) is 1.81. The lowest BCUT2D eigenvalue weighted by atomic mass is 9.50. The molecule has 7 rings (SSSR count). The van der Waals surface area contributed by atoms with Gasteiger partial charge in [-0.25, -0.2) is 19.2 Å². The third-order valence-corrected chi connectivity index (χ3v) is 7.07. The summed E-state index contributed by atoms with van der Waals surface area (Å²) < 4.78 is 108. The van der Waals surface area contributed by atoms with Gasteiger partial charge in [-0.05, 0) is 25.2 Å². The second kappa shape index (κ2) is 9.18. The molecule has 1 saturated heterocycles. The van der Waals surface area contributed by atoms with Gasteiger partial charge in [0, 0.05) is 23.9 Å². The second-order valence-electron chi connectivity index (χ2n) is 10.0. The van der Waals surface area contributed by atoms with Crippen molar-refractivity contribution in [3.05, 3.63) is 35.4 Å². The van der Waals surface area contributed by atoms with E-state index in [1.54, 1.807) is 0 Å². The molecule has 18 heteroatoms. The van der Waals surface area contributed by atoms with E-state index in [9.17, 15) is 31.1 Å². The highest BCUT2D eigenvalue weighted by molar-refractivity contribution is 5.69. The van der Waals surface area contributed by atoms with Gasteiger partial charge in [0.15, 0.2) is 23.8 Å². The number of hydrogen-bond acceptors (Lipinski definition) is 8. The van der Waals surface area contributed by atoms with Crippen molar-refractivity contribution in [3.63, 3.8) is 0 Å². The Kier molecular flexibility index (Phi) is 6.10. The molecule has 4 fully saturated rings. The van der Waals surface area contributed by atoms with Crippen LogP contribution in [-0.2, 0) is 27.0 Å². The molecule has 4 aliphatic rings. The van der Waals surface area contributed by atoms with Crippen molar-refractivity contribution in [2.24, 2.45) is 5.92 Å². The molecule has 0 spiro atoms. The Bertz CT molecular complexity index is 1420. The van der Waals surface area contributed by atoms with Crippen molar-refractivity contribution in [2.75, 3.05) is 11.9 Å². The Hall–Kier alpha value is -3.67. The summed E-state index contributed by atoms with van der Waals surface area (Å²) in [5.41, 5.74) is -2.20. The van der Waals surface area contributed by atoms with E-state index in [0.717, 1.165) is 29.9 Å². The fourth-order valence-electron chi connectivity index (χ4n) is 5.11. The topological polar surface area (TPSA) is 128 Å². The monoisotopic (exact) mass is 579 g/mol. The van der Waals surface area contributed by atoms with Gasteiger partial charge in [0.25, 0.3) is 0 Å². The Labute approximate surface area is 219 Å². The number of H-pyrrole nitrogens is 1. The number of carbonyl (C=O) groups excluding carboxylic acids is 1. The molecule has 1 aliphatic heterocycles. The van der Waals surface area contributed by atoms with Crippen LogP contribution in [0.5, 0.6) is 0 Å². The summed E-state index contributed by atoms with van der Waals surface area (Å²) in [5.74, 6) is 0.0359. The van der Waals surface area contributed by atoms with Crippen LogP contribution in [-0.4, -0.2) is 61.4 Å². The lowest BCUT2D eigenvalue weighted by Gasteiger charge is -2.61. The lowest BCUT2D eigenvalue weighted by molar-refractivity contribution is -0.330. The second-order valence-corrected chi connectivity index (χ2v) is 10.0. The number of alkyl halides is 7. The highest BCUT2D eigenvalue weighted by Gasteiger charge is 2.58. The average Bonchev–Trinajstić information content (AvgIpc) is 3.52. The van der Waals surface area contributed by atoms with Crippen LogP contribution in [0.25, 0.3) is 5.65 Å². The lowest BCUT2D eigenvalue weighted by Crippen LogP contribution is -2.68. The number of rotatable bonds is 7. The normalized spacial score (nSPS) is 27.8. The number of alkyl carbamates (subject to hydrolysis) is 1. The van der Waals surface area contributed by atoms with Crippen LogP contribution in [0.1, 0.15) is 42.4 Å². The van der Waals surface area contributed by atoms with Crippen molar-refractivity contribution < 1.29 is 49.7 Å². The summed E-state index contributed by atoms with van der Waals surface area (Å²) in [4.78, 5) is 19.4. The maximum atomic E-state index is 15.1. The number of aromatic amines is 1. The molecule has 0 aromatic carbocycles. The molecule has 3 atom stereocenters. The molecule has 0 radical (unpaired) electrons. The molecule has 3 aromatic rings. The first-order chi connectivity index (χ1) is 18.8. The summed E-state index contributed by atoms with van der Waals surface area (Å²) in [7, 11) is 0. The molecule has 3 N–H and O–H groups in total. The van der Waals surface area contributed by atoms with Crippen molar-refractivity contribution in [1.29, 1.82) is 0 Å². The molecule has 216 valence electrons. The number of halogens is 7. The van der Waals surface area contributed by atoms with Crippen LogP contribution < -0.4 is 10.6 Å². The average molecular weight is 579 g/mol. The molecule has 11 nitrogen and oxygen atoms in total. The SMILES string of the molecule is O=C(NC12CC(C1)C2)O[C@H]1CO[C@@H](c2cc(Nc3nc(C(F)(F)F)cc4nc(COC(F)(F)F)cn34)n[nH]2)[C@@H]1F. The number of imidazole rings is 1. The molecule has 2 bridgehead atoms. The predicted octanol–water partition coefficient (Wildman–Crippen LogP) is 4.31. The van der Waals surface area contributed by atoms with E-state index in [-0.39, 0.29) is 35.0 Å². The molecule has 3 aromatic heterocycles. The predicted molar refractivity (Wildman–Crippen MR) is 118 cm³/mol. The number of nitrogens with one attached hydrogen (secondary N) is 3. The molecule has 40 heavy (non-hydrogen) atoms. The zero-order chi connectivity index (χ0) is 28.4. The maximum absolute atomic E-state index is 15.1. The molecule has 0 unspecified atom stereocenters. The summed E-state index contributed by atoms with van der Waals surface area (Å²) in [6.07, 6.45) is -11.1. The van der Waals surface area contributed by atoms with Gasteiger partial charge in [-0.1, -0.05) is 0 Å². The van der Waals surface area contributed by atoms with Gasteiger partial charge >= 0.3 is 18.6 Å². The minimum Gasteiger partial charge on any atom is -0.441 e. The van der Waals surface area contributed by atoms with E-state index >= 15 is 4.39 Å². The highest BCUT2D eigenvalue weighted by Crippen LogP contribution is 2.57. The summed E-state index contributed by atoms with van der Waals surface area (Å²) in [6.45, 7) is -1.28. The molecule has 3 saturated carbocycles. The van der Waals surface area contributed by atoms with Gasteiger partial charge in [0.2, 0.25) is 5.95 Å². The fourth-order valence-corrected chi connectivity index (χ4v) is 5.11. The number of nitrogens with zero attached hydrogens (tertiary/aromatic N) is 4. The van der Waals surface area contributed by atoms with Gasteiger partial charge in [-0.2, -0.15) is 18.3 Å². The van der Waals surface area contributed by atoms with Gasteiger partial charge < -0.3 is 20.1 Å². The van der Waals surface area contributed by atoms with Crippen molar-refractivity contribution >= 4 is 23.5 Å². The molecule has 1 amide bonds. The maximum Gasteiger partial charge on any atom is 0.522 e. The zero-order valence-electron chi connectivity index (χ0n) is 20.1. The Morgan fingerprint density at radius 2 is 1.93 bits per heavy atom. The highest BCUT2D eigenvalue weighted by atomic mass is 19.4. The number of carbonyl (C=O) groups is 1. The van der Waals surface area contributed by atoms with Crippen LogP contribution in [0.4, 0.5) is 47.3 Å². The Balaban J connectivity index is 1.16. The number of aromatic nitrogens is 5. The van der Waals surface area contributed by atoms with Gasteiger partial charge in [-0.3, -0.25) is 14.2 Å². The van der Waals surface area contributed by atoms with Crippen molar-refractivity contribution in [3.8, 4) is 0 Å². The van der Waals surface area contributed by atoms with E-state index in [0.29, 0.717) is 12.0 Å². The number of amides is 1. The smallest absolute Gasteiger partial charge is 0.441 e. The van der Waals surface area contributed by atoms with E-state index < -0.39 is 55.3 Å². The van der Waals surface area contributed by atoms with Crippen molar-refractivity contribution in [2.45, 2.75) is 62.3 Å². The first-order valence-corrected chi connectivity index (χ1v) is 12.0. The first kappa shape index (κ1) is 26.5. The van der Waals surface area contributed by atoms with E-state index in [2.05, 4.69) is 35.5 Å². The molecule has 3 aliphatic carbocycles. The van der Waals surface area contributed by atoms with Gasteiger partial charge in [0.05, 0.1) is 24.6 Å². The number of ether oxygens (including phenoxy) is 3. The summed E-state index contributed by atoms with van der Waals surface area (Å²) >= 11 is 0. The largest absolute Gasteiger partial charge is 0.522 e. The van der Waals surface area contributed by atoms with E-state index in [1.165, 1.54) is 6.07 Å². The third-order valence-electron chi connectivity index (χ3n) is 7.07. The Morgan fingerprint density at radius 3 is 2.58 bits per heavy atom. The van der Waals surface area contributed by atoms with Crippen LogP contribution >= 0.6 is 0 Å². The third kappa shape index (κ3) is 5.12. The van der Waals surface area contributed by atoms with Crippen LogP contribution in [0.15, 0.2) is 18.3 Å². The number of hydrogen-bond donors (Lipinski definition) is 3. The fraction of sp³-hybridized carbons (Fsp3) is 0.545. The van der Waals surface area contributed by atoms with E-state index in [4.69, 9.17) is 9.47 Å². The minimum atomic E-state index is -4.97. The van der Waals surface area contributed by atoms with Crippen LogP contribution in [0.3, 0.4) is 0 Å². The standard InChI is InChI=1S/C22H20F7N7O4/c23-16-12(40-19(37)33-20-3-9(4-20)5-20)8-38-17(16)11-1-14(35-34-11)32-18-31-13(21(24,25)26)2-15-30-10(6-36(15)18)7-39-22(27,28)29/h1-2,6,9,12,16-17H,3-5,7-8H2,(H,33,37)(H2,31,32,34,35)/t9?,12-,16+,17-,20?/m0/s1. The van der Waals surface area contributed by atoms with Crippen molar-refractivity contribution in [1.82, 2.24) is 29.9 Å². The Morgan fingerprint density at radius 1 is 1.18 bits per heavy atom. The first-order valence-electron chi connectivity index (χ1n) is 12.0. The van der Waals surface area contributed by atoms with Gasteiger partial charge in [-0.15, -0.1) is 13.2 Å². The van der Waals surface area contributed by atoms with Gasteiger partial charge in [0.1, 0.15) is 11.8 Å². The quantitative estimate of drug-likeness (QED) is 0.354. The minimum absolute atomic E-state index is 0.0917. The summed E-state index contributed by atoms with van der Waals surface area (Å²) in [5, 5.41) is 11.7.